The maximum absolute atomic E-state index is 13.0. The van der Waals surface area contributed by atoms with E-state index in [4.69, 9.17) is 14.6 Å². The van der Waals surface area contributed by atoms with Crippen molar-refractivity contribution in [1.29, 1.82) is 0 Å². The van der Waals surface area contributed by atoms with Crippen molar-refractivity contribution >= 4 is 39.9 Å². The van der Waals surface area contributed by atoms with Crippen LogP contribution in [0.5, 0.6) is 11.5 Å². The average Bonchev–Trinajstić information content (AvgIpc) is 3.11. The Morgan fingerprint density at radius 3 is 2.49 bits per heavy atom. The van der Waals surface area contributed by atoms with Gasteiger partial charge in [-0.25, -0.2) is 9.59 Å². The maximum Gasteiger partial charge on any atom is 0.335 e. The second-order valence-electron chi connectivity index (χ2n) is 8.42. The predicted octanol–water partition coefficient (Wildman–Crippen LogP) is 5.53. The van der Waals surface area contributed by atoms with E-state index in [1.807, 2.05) is 38.1 Å². The Balaban J connectivity index is 1.53. The van der Waals surface area contributed by atoms with Gasteiger partial charge in [-0.2, -0.15) is 0 Å². The van der Waals surface area contributed by atoms with Crippen LogP contribution >= 0.6 is 15.9 Å². The fourth-order valence-corrected chi connectivity index (χ4v) is 4.42. The average molecular weight is 565 g/mol. The van der Waals surface area contributed by atoms with Crippen LogP contribution in [0, 0.1) is 6.92 Å². The summed E-state index contributed by atoms with van der Waals surface area (Å²) < 4.78 is 12.4. The molecule has 0 bridgehead atoms. The highest BCUT2D eigenvalue weighted by atomic mass is 79.9. The minimum Gasteiger partial charge on any atom is -0.490 e. The standard InChI is InChI=1S/C28H25BrN2O6/c1-3-36-24-14-20(12-22(29)25(24)37-16-18-7-9-21(10-8-18)27(33)34)13-23-26(32)31(28(35)30-23)15-19-6-4-5-17(2)11-19/h4-14H,3,15-16H2,1-2H3,(H,30,35)(H,33,34)/b23-13+. The van der Waals surface area contributed by atoms with Gasteiger partial charge in [0.05, 0.1) is 23.2 Å². The van der Waals surface area contributed by atoms with Gasteiger partial charge in [-0.05, 0) is 76.8 Å². The molecule has 1 heterocycles. The largest absolute Gasteiger partial charge is 0.490 e. The SMILES string of the molecule is CCOc1cc(/C=C2/NC(=O)N(Cc3cccc(C)c3)C2=O)cc(Br)c1OCc1ccc(C(=O)O)cc1. The van der Waals surface area contributed by atoms with Gasteiger partial charge in [-0.1, -0.05) is 42.0 Å². The molecule has 2 N–H and O–H groups in total. The number of hydrogen-bond acceptors (Lipinski definition) is 5. The van der Waals surface area contributed by atoms with Gasteiger partial charge in [-0.3, -0.25) is 9.69 Å². The number of imide groups is 1. The van der Waals surface area contributed by atoms with Crippen molar-refractivity contribution in [3.8, 4) is 11.5 Å². The number of benzene rings is 3. The summed E-state index contributed by atoms with van der Waals surface area (Å²) in [5, 5.41) is 11.7. The first-order chi connectivity index (χ1) is 17.7. The molecule has 0 spiro atoms. The molecule has 0 unspecified atom stereocenters. The number of ether oxygens (including phenoxy) is 2. The van der Waals surface area contributed by atoms with E-state index < -0.39 is 17.9 Å². The van der Waals surface area contributed by atoms with Crippen LogP contribution in [0.2, 0.25) is 0 Å². The smallest absolute Gasteiger partial charge is 0.335 e. The van der Waals surface area contributed by atoms with Gasteiger partial charge in [-0.15, -0.1) is 0 Å². The number of aromatic carboxylic acids is 1. The number of carboxylic acids is 1. The quantitative estimate of drug-likeness (QED) is 0.261. The fourth-order valence-electron chi connectivity index (χ4n) is 3.85. The van der Waals surface area contributed by atoms with E-state index in [9.17, 15) is 14.4 Å². The highest BCUT2D eigenvalue weighted by Gasteiger charge is 2.33. The molecule has 0 aromatic heterocycles. The third-order valence-electron chi connectivity index (χ3n) is 5.61. The van der Waals surface area contributed by atoms with Crippen molar-refractivity contribution in [1.82, 2.24) is 10.2 Å². The summed E-state index contributed by atoms with van der Waals surface area (Å²) in [5.41, 5.74) is 3.70. The number of halogens is 1. The summed E-state index contributed by atoms with van der Waals surface area (Å²) in [6.45, 7) is 4.56. The molecule has 1 aliphatic rings. The fraction of sp³-hybridized carbons (Fsp3) is 0.179. The molecule has 1 fully saturated rings. The third-order valence-corrected chi connectivity index (χ3v) is 6.20. The van der Waals surface area contributed by atoms with Gasteiger partial charge in [0, 0.05) is 0 Å². The van der Waals surface area contributed by atoms with Gasteiger partial charge in [0.2, 0.25) is 0 Å². The van der Waals surface area contributed by atoms with Crippen molar-refractivity contribution < 1.29 is 29.0 Å². The Bertz CT molecular complexity index is 1380. The molecule has 0 aliphatic carbocycles. The van der Waals surface area contributed by atoms with Crippen LogP contribution in [0.3, 0.4) is 0 Å². The van der Waals surface area contributed by atoms with Crippen molar-refractivity contribution in [2.24, 2.45) is 0 Å². The van der Waals surface area contributed by atoms with Gasteiger partial charge in [0.15, 0.2) is 11.5 Å². The number of carbonyl (C=O) groups is 3. The normalized spacial score (nSPS) is 14.1. The van der Waals surface area contributed by atoms with Crippen LogP contribution in [-0.4, -0.2) is 34.5 Å². The summed E-state index contributed by atoms with van der Waals surface area (Å²) in [6, 6.07) is 17.1. The van der Waals surface area contributed by atoms with Crippen LogP contribution in [0.15, 0.2) is 70.8 Å². The molecule has 9 heteroatoms. The summed E-state index contributed by atoms with van der Waals surface area (Å²) in [4.78, 5) is 37.7. The van der Waals surface area contributed by atoms with E-state index in [1.54, 1.807) is 30.3 Å². The number of carbonyl (C=O) groups excluding carboxylic acids is 2. The maximum atomic E-state index is 13.0. The van der Waals surface area contributed by atoms with E-state index in [1.165, 1.54) is 17.0 Å². The van der Waals surface area contributed by atoms with Crippen molar-refractivity contribution in [3.05, 3.63) is 98.7 Å². The topological polar surface area (TPSA) is 105 Å². The molecule has 8 nitrogen and oxygen atoms in total. The lowest BCUT2D eigenvalue weighted by molar-refractivity contribution is -0.123. The zero-order valence-electron chi connectivity index (χ0n) is 20.3. The number of carboxylic acid groups (broad SMARTS) is 1. The van der Waals surface area contributed by atoms with Crippen LogP contribution in [0.4, 0.5) is 4.79 Å². The Morgan fingerprint density at radius 2 is 1.81 bits per heavy atom. The highest BCUT2D eigenvalue weighted by molar-refractivity contribution is 9.10. The molecule has 0 radical (unpaired) electrons. The second kappa shape index (κ2) is 11.3. The van der Waals surface area contributed by atoms with E-state index >= 15 is 0 Å². The molecule has 190 valence electrons. The molecule has 4 rings (SSSR count). The third kappa shape index (κ3) is 6.18. The van der Waals surface area contributed by atoms with Crippen LogP contribution in [0.1, 0.15) is 39.5 Å². The van der Waals surface area contributed by atoms with Crippen molar-refractivity contribution in [3.63, 3.8) is 0 Å². The van der Waals surface area contributed by atoms with Gasteiger partial charge in [0.25, 0.3) is 5.91 Å². The number of nitrogens with one attached hydrogen (secondary N) is 1. The zero-order valence-corrected chi connectivity index (χ0v) is 21.9. The first-order valence-corrected chi connectivity index (χ1v) is 12.4. The molecule has 1 aliphatic heterocycles. The molecular weight excluding hydrogens is 540 g/mol. The van der Waals surface area contributed by atoms with Crippen molar-refractivity contribution in [2.75, 3.05) is 6.61 Å². The number of hydrogen-bond donors (Lipinski definition) is 2. The lowest BCUT2D eigenvalue weighted by atomic mass is 10.1. The van der Waals surface area contributed by atoms with Crippen LogP contribution < -0.4 is 14.8 Å². The number of urea groups is 1. The Hall–Kier alpha value is -4.11. The highest BCUT2D eigenvalue weighted by Crippen LogP contribution is 2.38. The van der Waals surface area contributed by atoms with E-state index in [2.05, 4.69) is 21.2 Å². The first kappa shape index (κ1) is 26.0. The monoisotopic (exact) mass is 564 g/mol. The van der Waals surface area contributed by atoms with E-state index in [0.717, 1.165) is 16.7 Å². The predicted molar refractivity (Wildman–Crippen MR) is 141 cm³/mol. The minimum absolute atomic E-state index is 0.166. The van der Waals surface area contributed by atoms with Gasteiger partial charge >= 0.3 is 12.0 Å². The second-order valence-corrected chi connectivity index (χ2v) is 9.28. The summed E-state index contributed by atoms with van der Waals surface area (Å²) in [7, 11) is 0. The summed E-state index contributed by atoms with van der Waals surface area (Å²) in [5.74, 6) is -0.479. The number of aryl methyl sites for hydroxylation is 1. The van der Waals surface area contributed by atoms with Crippen LogP contribution in [0.25, 0.3) is 6.08 Å². The molecule has 3 amide bonds. The Morgan fingerprint density at radius 1 is 1.05 bits per heavy atom. The molecule has 37 heavy (non-hydrogen) atoms. The number of nitrogens with zero attached hydrogens (tertiary/aromatic N) is 1. The first-order valence-electron chi connectivity index (χ1n) is 11.6. The number of amides is 3. The molecule has 3 aromatic carbocycles. The Kier molecular flexibility index (Phi) is 7.93. The Labute approximate surface area is 222 Å². The van der Waals surface area contributed by atoms with Crippen LogP contribution in [-0.2, 0) is 17.9 Å². The van der Waals surface area contributed by atoms with Gasteiger partial charge in [0.1, 0.15) is 12.3 Å². The molecule has 3 aromatic rings. The lowest BCUT2D eigenvalue weighted by Crippen LogP contribution is -2.30. The zero-order chi connectivity index (χ0) is 26.5. The number of rotatable bonds is 9. The molecule has 0 saturated carbocycles. The molecular formula is C28H25BrN2O6. The molecule has 0 atom stereocenters. The summed E-state index contributed by atoms with van der Waals surface area (Å²) in [6.07, 6.45) is 1.60. The van der Waals surface area contributed by atoms with E-state index in [-0.39, 0.29) is 24.4 Å². The molecule has 1 saturated heterocycles. The van der Waals surface area contributed by atoms with Crippen molar-refractivity contribution in [2.45, 2.75) is 27.0 Å². The van der Waals surface area contributed by atoms with Gasteiger partial charge < -0.3 is 19.9 Å². The minimum atomic E-state index is -0.992. The van der Waals surface area contributed by atoms with E-state index in [0.29, 0.717) is 28.1 Å². The summed E-state index contributed by atoms with van der Waals surface area (Å²) >= 11 is 3.52. The lowest BCUT2D eigenvalue weighted by Gasteiger charge is -2.15.